The molecule has 1 nitrogen and oxygen atoms in total. The first-order valence-electron chi connectivity index (χ1n) is 17.5. The minimum Gasteiger partial charge on any atom is -0.457 e. The average Bonchev–Trinajstić information content (AvgIpc) is 3.66. The Morgan fingerprint density at radius 3 is 1.90 bits per heavy atom. The number of benzene rings is 8. The topological polar surface area (TPSA) is 9.23 Å². The van der Waals surface area contributed by atoms with Crippen molar-refractivity contribution in [3.8, 4) is 44.9 Å². The lowest BCUT2D eigenvalue weighted by Gasteiger charge is -2.38. The Hall–Kier alpha value is -6.18. The van der Waals surface area contributed by atoms with Gasteiger partial charge in [-0.3, -0.25) is 0 Å². The van der Waals surface area contributed by atoms with Crippen molar-refractivity contribution in [2.45, 2.75) is 17.8 Å². The SMILES string of the molecule is CC1(c2ccccc2)c2ccccc2Oc2cc(-c3cccc4c3C3(c5ccccc5-4)c4ccccc4-c4c3ccc3ccccc43)ccc21. The lowest BCUT2D eigenvalue weighted by atomic mass is 9.67. The van der Waals surface area contributed by atoms with Crippen molar-refractivity contribution in [3.05, 3.63) is 215 Å². The highest BCUT2D eigenvalue weighted by Gasteiger charge is 2.53. The van der Waals surface area contributed by atoms with Gasteiger partial charge < -0.3 is 4.74 Å². The first kappa shape index (κ1) is 27.7. The van der Waals surface area contributed by atoms with Gasteiger partial charge in [0.05, 0.1) is 5.41 Å². The average molecular weight is 637 g/mol. The van der Waals surface area contributed by atoms with Gasteiger partial charge in [-0.2, -0.15) is 0 Å². The fourth-order valence-corrected chi connectivity index (χ4v) is 9.71. The molecule has 0 N–H and O–H groups in total. The number of hydrogen-bond acceptors (Lipinski definition) is 1. The van der Waals surface area contributed by atoms with Gasteiger partial charge in [0.15, 0.2) is 0 Å². The second kappa shape index (κ2) is 9.94. The molecule has 0 bridgehead atoms. The van der Waals surface area contributed by atoms with Crippen LogP contribution in [-0.2, 0) is 10.8 Å². The Kier molecular flexibility index (Phi) is 5.51. The molecule has 1 heteroatoms. The van der Waals surface area contributed by atoms with E-state index < -0.39 is 5.41 Å². The van der Waals surface area contributed by atoms with Crippen LogP contribution in [0, 0.1) is 0 Å². The van der Waals surface area contributed by atoms with Gasteiger partial charge >= 0.3 is 0 Å². The number of hydrogen-bond donors (Lipinski definition) is 0. The molecule has 11 rings (SSSR count). The third-order valence-electron chi connectivity index (χ3n) is 11.8. The molecule has 0 saturated carbocycles. The van der Waals surface area contributed by atoms with E-state index in [4.69, 9.17) is 4.74 Å². The normalized spacial score (nSPS) is 18.8. The molecule has 2 atom stereocenters. The molecule has 1 aliphatic heterocycles. The van der Waals surface area contributed by atoms with Crippen LogP contribution < -0.4 is 4.74 Å². The summed E-state index contributed by atoms with van der Waals surface area (Å²) in [5, 5.41) is 2.57. The molecule has 0 saturated heterocycles. The molecule has 3 aliphatic rings. The quantitative estimate of drug-likeness (QED) is 0.183. The molecule has 8 aromatic carbocycles. The van der Waals surface area contributed by atoms with Crippen molar-refractivity contribution in [2.75, 3.05) is 0 Å². The summed E-state index contributed by atoms with van der Waals surface area (Å²) in [5.41, 5.74) is 15.9. The fourth-order valence-electron chi connectivity index (χ4n) is 9.71. The largest absolute Gasteiger partial charge is 0.457 e. The third kappa shape index (κ3) is 3.37. The maximum Gasteiger partial charge on any atom is 0.132 e. The summed E-state index contributed by atoms with van der Waals surface area (Å²) in [6.07, 6.45) is 0. The molecule has 0 amide bonds. The highest BCUT2D eigenvalue weighted by Crippen LogP contribution is 2.65. The maximum atomic E-state index is 6.82. The lowest BCUT2D eigenvalue weighted by molar-refractivity contribution is 0.427. The summed E-state index contributed by atoms with van der Waals surface area (Å²) in [6, 6.07) is 64.9. The summed E-state index contributed by atoms with van der Waals surface area (Å²) in [7, 11) is 0. The van der Waals surface area contributed by atoms with E-state index in [-0.39, 0.29) is 5.41 Å². The molecule has 0 fully saturated rings. The summed E-state index contributed by atoms with van der Waals surface area (Å²) >= 11 is 0. The first-order chi connectivity index (χ1) is 24.7. The second-order valence-corrected chi connectivity index (χ2v) is 14.1. The maximum absolute atomic E-state index is 6.82. The van der Waals surface area contributed by atoms with E-state index in [1.165, 1.54) is 77.5 Å². The molecule has 2 aliphatic carbocycles. The van der Waals surface area contributed by atoms with Crippen LogP contribution in [0.2, 0.25) is 0 Å². The first-order valence-corrected chi connectivity index (χ1v) is 17.5. The van der Waals surface area contributed by atoms with E-state index in [9.17, 15) is 0 Å². The number of ether oxygens (including phenoxy) is 1. The van der Waals surface area contributed by atoms with E-state index >= 15 is 0 Å². The van der Waals surface area contributed by atoms with Crippen LogP contribution in [0.5, 0.6) is 11.5 Å². The number of para-hydroxylation sites is 1. The van der Waals surface area contributed by atoms with Crippen LogP contribution in [0.1, 0.15) is 45.9 Å². The molecule has 0 aromatic heterocycles. The van der Waals surface area contributed by atoms with Gasteiger partial charge in [0.2, 0.25) is 0 Å². The van der Waals surface area contributed by atoms with Crippen molar-refractivity contribution in [1.82, 2.24) is 0 Å². The van der Waals surface area contributed by atoms with Crippen molar-refractivity contribution in [3.63, 3.8) is 0 Å². The van der Waals surface area contributed by atoms with Crippen molar-refractivity contribution in [1.29, 1.82) is 0 Å². The van der Waals surface area contributed by atoms with E-state index in [1.54, 1.807) is 0 Å². The zero-order valence-corrected chi connectivity index (χ0v) is 27.7. The predicted molar refractivity (Wildman–Crippen MR) is 204 cm³/mol. The van der Waals surface area contributed by atoms with Gasteiger partial charge in [-0.05, 0) is 91.0 Å². The van der Waals surface area contributed by atoms with E-state index in [1.807, 2.05) is 0 Å². The van der Waals surface area contributed by atoms with Crippen LogP contribution in [0.4, 0.5) is 0 Å². The minimum atomic E-state index is -0.458. The monoisotopic (exact) mass is 636 g/mol. The summed E-state index contributed by atoms with van der Waals surface area (Å²) in [6.45, 7) is 2.34. The smallest absolute Gasteiger partial charge is 0.132 e. The van der Waals surface area contributed by atoms with Crippen molar-refractivity contribution < 1.29 is 4.74 Å². The Labute approximate surface area is 292 Å². The highest BCUT2D eigenvalue weighted by atomic mass is 16.5. The fraction of sp³-hybridized carbons (Fsp3) is 0.0612. The molecule has 0 radical (unpaired) electrons. The highest BCUT2D eigenvalue weighted by molar-refractivity contribution is 6.07. The second-order valence-electron chi connectivity index (χ2n) is 14.1. The van der Waals surface area contributed by atoms with Gasteiger partial charge in [0, 0.05) is 16.5 Å². The Bertz CT molecular complexity index is 2700. The Morgan fingerprint density at radius 1 is 0.420 bits per heavy atom. The van der Waals surface area contributed by atoms with Gasteiger partial charge in [-0.1, -0.05) is 164 Å². The molecular formula is C49H32O. The van der Waals surface area contributed by atoms with Gasteiger partial charge in [-0.25, -0.2) is 0 Å². The zero-order valence-electron chi connectivity index (χ0n) is 27.7. The molecule has 1 spiro atoms. The zero-order chi connectivity index (χ0) is 33.0. The number of rotatable bonds is 2. The molecular weight excluding hydrogens is 605 g/mol. The molecule has 234 valence electrons. The van der Waals surface area contributed by atoms with Gasteiger partial charge in [0.25, 0.3) is 0 Å². The predicted octanol–water partition coefficient (Wildman–Crippen LogP) is 12.3. The van der Waals surface area contributed by atoms with Crippen molar-refractivity contribution >= 4 is 10.8 Å². The van der Waals surface area contributed by atoms with Crippen LogP contribution in [0.25, 0.3) is 44.2 Å². The van der Waals surface area contributed by atoms with Gasteiger partial charge in [-0.15, -0.1) is 0 Å². The van der Waals surface area contributed by atoms with E-state index in [0.717, 1.165) is 17.1 Å². The Morgan fingerprint density at radius 2 is 1.04 bits per heavy atom. The molecule has 2 unspecified atom stereocenters. The summed E-state index contributed by atoms with van der Waals surface area (Å²) in [4.78, 5) is 0. The van der Waals surface area contributed by atoms with Crippen LogP contribution in [-0.4, -0.2) is 0 Å². The summed E-state index contributed by atoms with van der Waals surface area (Å²) in [5.74, 6) is 1.82. The van der Waals surface area contributed by atoms with E-state index in [0.29, 0.717) is 0 Å². The Balaban J connectivity index is 1.21. The third-order valence-corrected chi connectivity index (χ3v) is 11.8. The van der Waals surface area contributed by atoms with Crippen LogP contribution in [0.15, 0.2) is 176 Å². The van der Waals surface area contributed by atoms with E-state index in [2.05, 4.69) is 183 Å². The van der Waals surface area contributed by atoms with Crippen LogP contribution >= 0.6 is 0 Å². The summed E-state index contributed by atoms with van der Waals surface area (Å²) < 4.78 is 6.82. The molecule has 8 aromatic rings. The number of fused-ring (bicyclic) bond motifs is 14. The standard InChI is InChI=1S/C49H32O/c1-48(33-15-3-2-4-16-33)41-24-11-12-25-44(41)50-45-30-32(27-28-42(45)48)35-20-13-21-37-36-18-7-9-22-39(36)49(47(35)37)40-23-10-8-19-38(40)46-34-17-6-5-14-31(34)26-29-43(46)49/h2-30H,1H3. The molecule has 50 heavy (non-hydrogen) atoms. The lowest BCUT2D eigenvalue weighted by Crippen LogP contribution is -2.29. The van der Waals surface area contributed by atoms with Crippen molar-refractivity contribution in [2.24, 2.45) is 0 Å². The molecule has 1 heterocycles. The van der Waals surface area contributed by atoms with Crippen LogP contribution in [0.3, 0.4) is 0 Å². The minimum absolute atomic E-state index is 0.357. The van der Waals surface area contributed by atoms with Gasteiger partial charge in [0.1, 0.15) is 11.5 Å².